The minimum absolute atomic E-state index is 0.611. The zero-order chi connectivity index (χ0) is 14.8. The molecule has 0 heterocycles. The van der Waals surface area contributed by atoms with Crippen LogP contribution in [0.2, 0.25) is 0 Å². The fraction of sp³-hybridized carbons (Fsp3) is 0.250. The number of nitrogens with two attached hydrogens (primary N) is 1. The molecular weight excluding hydrogens is 301 g/mol. The Morgan fingerprint density at radius 2 is 1.79 bits per heavy atom. The maximum Gasteiger partial charge on any atom is 0.573 e. The van der Waals surface area contributed by atoms with Gasteiger partial charge in [-0.2, -0.15) is 8.78 Å². The molecule has 0 fully saturated rings. The van der Waals surface area contributed by atoms with Crippen LogP contribution in [0.1, 0.15) is 0 Å². The predicted molar refractivity (Wildman–Crippen MR) is 51.1 cm³/mol. The molecule has 108 valence electrons. The van der Waals surface area contributed by atoms with Crippen molar-refractivity contribution in [1.29, 1.82) is 0 Å². The number of ether oxygens (including phenoxy) is 2. The lowest BCUT2D eigenvalue weighted by Gasteiger charge is -2.15. The van der Waals surface area contributed by atoms with Gasteiger partial charge in [0.25, 0.3) is 0 Å². The molecule has 0 radical (unpaired) electrons. The van der Waals surface area contributed by atoms with Gasteiger partial charge in [-0.15, -0.1) is 13.2 Å². The van der Waals surface area contributed by atoms with Crippen molar-refractivity contribution in [2.75, 3.05) is 0 Å². The topological polar surface area (TPSA) is 78.6 Å². The second kappa shape index (κ2) is 5.17. The van der Waals surface area contributed by atoms with Gasteiger partial charge >= 0.3 is 13.0 Å². The van der Waals surface area contributed by atoms with Crippen molar-refractivity contribution in [3.63, 3.8) is 0 Å². The normalized spacial score (nSPS) is 12.6. The molecular formula is C8H6F5NO4S. The number of halogens is 5. The minimum atomic E-state index is -5.21. The van der Waals surface area contributed by atoms with Crippen molar-refractivity contribution in [3.05, 3.63) is 18.2 Å². The number of sulfonamides is 1. The summed E-state index contributed by atoms with van der Waals surface area (Å²) in [5.41, 5.74) is 0. The summed E-state index contributed by atoms with van der Waals surface area (Å²) in [4.78, 5) is -1.05. The molecule has 0 saturated heterocycles. The smallest absolute Gasteiger partial charge is 0.429 e. The van der Waals surface area contributed by atoms with Crippen molar-refractivity contribution >= 4 is 10.0 Å². The standard InChI is InChI=1S/C8H6F5NO4S/c9-7(10)17-6-4(18-8(11,12)13)2-1-3-5(6)19(14,15)16/h1-3,7H,(H2,14,15,16). The van der Waals surface area contributed by atoms with Crippen LogP contribution in [0.25, 0.3) is 0 Å². The Kier molecular flexibility index (Phi) is 4.20. The molecule has 2 N–H and O–H groups in total. The molecule has 0 bridgehead atoms. The summed E-state index contributed by atoms with van der Waals surface area (Å²) in [5.74, 6) is -2.54. The van der Waals surface area contributed by atoms with E-state index in [0.717, 1.165) is 6.07 Å². The molecule has 0 aliphatic carbocycles. The molecule has 0 aliphatic heterocycles. The summed E-state index contributed by atoms with van der Waals surface area (Å²) in [6.07, 6.45) is -5.21. The van der Waals surface area contributed by atoms with E-state index in [2.05, 4.69) is 14.6 Å². The first kappa shape index (κ1) is 15.4. The first-order valence-electron chi connectivity index (χ1n) is 4.37. The van der Waals surface area contributed by atoms with Gasteiger partial charge in [-0.1, -0.05) is 6.07 Å². The summed E-state index contributed by atoms with van der Waals surface area (Å²) in [6, 6.07) is 2.15. The average molecular weight is 307 g/mol. The van der Waals surface area contributed by atoms with Crippen LogP contribution in [0, 0.1) is 0 Å². The molecule has 0 aliphatic rings. The van der Waals surface area contributed by atoms with Gasteiger partial charge in [0.1, 0.15) is 4.90 Å². The fourth-order valence-corrected chi connectivity index (χ4v) is 1.81. The number of hydrogen-bond acceptors (Lipinski definition) is 4. The highest BCUT2D eigenvalue weighted by Crippen LogP contribution is 2.37. The van der Waals surface area contributed by atoms with Gasteiger partial charge in [-0.05, 0) is 12.1 Å². The zero-order valence-electron chi connectivity index (χ0n) is 8.82. The molecule has 19 heavy (non-hydrogen) atoms. The van der Waals surface area contributed by atoms with Crippen molar-refractivity contribution in [1.82, 2.24) is 0 Å². The summed E-state index contributed by atoms with van der Waals surface area (Å²) in [5, 5.41) is 4.68. The maximum absolute atomic E-state index is 12.1. The van der Waals surface area contributed by atoms with E-state index in [-0.39, 0.29) is 0 Å². The lowest BCUT2D eigenvalue weighted by atomic mass is 10.3. The van der Waals surface area contributed by atoms with Crippen LogP contribution >= 0.6 is 0 Å². The fourth-order valence-electron chi connectivity index (χ4n) is 1.13. The number of para-hydroxylation sites is 1. The van der Waals surface area contributed by atoms with Crippen LogP contribution in [0.5, 0.6) is 11.5 Å². The first-order chi connectivity index (χ1) is 8.50. The van der Waals surface area contributed by atoms with Gasteiger partial charge in [-0.3, -0.25) is 0 Å². The first-order valence-corrected chi connectivity index (χ1v) is 5.91. The number of primary sulfonamides is 1. The van der Waals surface area contributed by atoms with Gasteiger partial charge in [0, 0.05) is 0 Å². The van der Waals surface area contributed by atoms with Crippen molar-refractivity contribution in [3.8, 4) is 11.5 Å². The van der Waals surface area contributed by atoms with E-state index >= 15 is 0 Å². The molecule has 5 nitrogen and oxygen atoms in total. The van der Waals surface area contributed by atoms with Gasteiger partial charge in [0.05, 0.1) is 0 Å². The highest BCUT2D eigenvalue weighted by molar-refractivity contribution is 7.89. The van der Waals surface area contributed by atoms with Crippen molar-refractivity contribution < 1.29 is 39.8 Å². The largest absolute Gasteiger partial charge is 0.573 e. The Bertz CT molecular complexity index is 557. The maximum atomic E-state index is 12.1. The van der Waals surface area contributed by atoms with E-state index in [1.807, 2.05) is 0 Å². The van der Waals surface area contributed by atoms with Crippen LogP contribution in [-0.2, 0) is 10.0 Å². The Hall–Kier alpha value is -1.62. The van der Waals surface area contributed by atoms with Crippen molar-refractivity contribution in [2.45, 2.75) is 17.9 Å². The van der Waals surface area contributed by atoms with E-state index in [1.54, 1.807) is 0 Å². The second-order valence-corrected chi connectivity index (χ2v) is 4.58. The number of alkyl halides is 5. The highest BCUT2D eigenvalue weighted by Gasteiger charge is 2.34. The Balaban J connectivity index is 3.39. The molecule has 0 unspecified atom stereocenters. The van der Waals surface area contributed by atoms with E-state index in [0.29, 0.717) is 12.1 Å². The monoisotopic (exact) mass is 307 g/mol. The molecule has 0 spiro atoms. The Morgan fingerprint density at radius 1 is 1.21 bits per heavy atom. The van der Waals surface area contributed by atoms with Crippen LogP contribution < -0.4 is 14.6 Å². The van der Waals surface area contributed by atoms with E-state index in [9.17, 15) is 30.4 Å². The summed E-state index contributed by atoms with van der Waals surface area (Å²) < 4.78 is 89.6. The van der Waals surface area contributed by atoms with Crippen LogP contribution in [0.4, 0.5) is 22.0 Å². The SMILES string of the molecule is NS(=O)(=O)c1cccc(OC(F)(F)F)c1OC(F)F. The number of benzene rings is 1. The van der Waals surface area contributed by atoms with Crippen LogP contribution in [0.15, 0.2) is 23.1 Å². The van der Waals surface area contributed by atoms with Gasteiger partial charge in [0.2, 0.25) is 10.0 Å². The average Bonchev–Trinajstić information content (AvgIpc) is 2.15. The Morgan fingerprint density at radius 3 is 2.21 bits per heavy atom. The molecule has 0 atom stereocenters. The predicted octanol–water partition coefficient (Wildman–Crippen LogP) is 1.83. The molecule has 0 aromatic heterocycles. The molecule has 1 aromatic rings. The lowest BCUT2D eigenvalue weighted by molar-refractivity contribution is -0.275. The third kappa shape index (κ3) is 4.52. The molecule has 1 aromatic carbocycles. The molecule has 0 amide bonds. The Labute approximate surface area is 103 Å². The molecule has 1 rings (SSSR count). The van der Waals surface area contributed by atoms with E-state index in [4.69, 9.17) is 0 Å². The highest BCUT2D eigenvalue weighted by atomic mass is 32.2. The molecule has 11 heteroatoms. The van der Waals surface area contributed by atoms with Crippen LogP contribution in [-0.4, -0.2) is 21.4 Å². The van der Waals surface area contributed by atoms with Crippen molar-refractivity contribution in [2.24, 2.45) is 5.14 Å². The van der Waals surface area contributed by atoms with E-state index in [1.165, 1.54) is 0 Å². The van der Waals surface area contributed by atoms with Gasteiger partial charge in [0.15, 0.2) is 11.5 Å². The zero-order valence-corrected chi connectivity index (χ0v) is 9.63. The van der Waals surface area contributed by atoms with Gasteiger partial charge < -0.3 is 9.47 Å². The third-order valence-electron chi connectivity index (χ3n) is 1.68. The van der Waals surface area contributed by atoms with Gasteiger partial charge in [-0.25, -0.2) is 13.6 Å². The summed E-state index contributed by atoms with van der Waals surface area (Å²) >= 11 is 0. The van der Waals surface area contributed by atoms with Crippen LogP contribution in [0.3, 0.4) is 0 Å². The third-order valence-corrected chi connectivity index (χ3v) is 2.62. The molecule has 0 saturated carbocycles. The summed E-state index contributed by atoms with van der Waals surface area (Å²) in [7, 11) is -4.56. The number of hydrogen-bond donors (Lipinski definition) is 1. The lowest BCUT2D eigenvalue weighted by Crippen LogP contribution is -2.20. The number of rotatable bonds is 4. The summed E-state index contributed by atoms with van der Waals surface area (Å²) in [6.45, 7) is -3.56. The second-order valence-electron chi connectivity index (χ2n) is 3.05. The van der Waals surface area contributed by atoms with E-state index < -0.39 is 39.4 Å². The quantitative estimate of drug-likeness (QED) is 0.861. The minimum Gasteiger partial charge on any atom is -0.429 e.